The molecule has 0 fully saturated rings. The molecule has 0 aliphatic heterocycles. The molecule has 1 unspecified atom stereocenters. The van der Waals surface area contributed by atoms with Crippen molar-refractivity contribution in [3.63, 3.8) is 0 Å². The number of aromatic nitrogens is 1. The van der Waals surface area contributed by atoms with Crippen molar-refractivity contribution >= 4 is 31.8 Å². The Kier molecular flexibility index (Phi) is 5.13. The van der Waals surface area contributed by atoms with E-state index in [1.807, 2.05) is 43.3 Å². The first kappa shape index (κ1) is 17.9. The molecule has 134 valence electrons. The molecule has 1 N–H and O–H groups in total. The van der Waals surface area contributed by atoms with Crippen molar-refractivity contribution < 1.29 is 13.5 Å². The molecule has 6 heteroatoms. The third kappa shape index (κ3) is 3.71. The number of sulfonamides is 1. The minimum absolute atomic E-state index is 0.105. The van der Waals surface area contributed by atoms with Crippen molar-refractivity contribution in [3.8, 4) is 0 Å². The van der Waals surface area contributed by atoms with Gasteiger partial charge in [0.05, 0.1) is 18.9 Å². The van der Waals surface area contributed by atoms with Crippen molar-refractivity contribution in [2.75, 3.05) is 19.3 Å². The lowest BCUT2D eigenvalue weighted by atomic mass is 10.2. The van der Waals surface area contributed by atoms with E-state index in [-0.39, 0.29) is 6.54 Å². The molecule has 0 saturated carbocycles. The van der Waals surface area contributed by atoms with Crippen LogP contribution in [0.3, 0.4) is 0 Å². The van der Waals surface area contributed by atoms with Gasteiger partial charge in [-0.1, -0.05) is 43.3 Å². The van der Waals surface area contributed by atoms with E-state index in [0.717, 1.165) is 28.2 Å². The van der Waals surface area contributed by atoms with Crippen LogP contribution in [-0.2, 0) is 16.6 Å². The van der Waals surface area contributed by atoms with Crippen molar-refractivity contribution in [3.05, 3.63) is 48.5 Å². The molecule has 5 nitrogen and oxygen atoms in total. The lowest BCUT2D eigenvalue weighted by Gasteiger charge is -2.23. The Morgan fingerprint density at radius 3 is 2.04 bits per heavy atom. The van der Waals surface area contributed by atoms with Crippen LogP contribution < -0.4 is 0 Å². The molecule has 0 spiro atoms. The number of fused-ring (bicyclic) bond motifs is 3. The summed E-state index contributed by atoms with van der Waals surface area (Å²) in [5, 5.41) is 12.8. The summed E-state index contributed by atoms with van der Waals surface area (Å²) in [6.07, 6.45) is 1.13. The average Bonchev–Trinajstić information content (AvgIpc) is 2.88. The first-order chi connectivity index (χ1) is 11.9. The molecule has 1 atom stereocenters. The SMILES string of the molecule is CCCN(CC(O)Cn1c2ccccc2c2ccccc21)S(C)(=O)=O. The van der Waals surface area contributed by atoms with Gasteiger partial charge in [0.2, 0.25) is 10.0 Å². The highest BCUT2D eigenvalue weighted by Crippen LogP contribution is 2.28. The number of rotatable bonds is 7. The topological polar surface area (TPSA) is 62.5 Å². The largest absolute Gasteiger partial charge is 0.390 e. The van der Waals surface area contributed by atoms with E-state index in [4.69, 9.17) is 0 Å². The Bertz CT molecular complexity index is 925. The summed E-state index contributed by atoms with van der Waals surface area (Å²) in [6, 6.07) is 16.2. The fourth-order valence-corrected chi connectivity index (χ4v) is 4.30. The molecule has 0 amide bonds. The zero-order valence-electron chi connectivity index (χ0n) is 14.6. The molecule has 0 radical (unpaired) electrons. The van der Waals surface area contributed by atoms with Gasteiger partial charge >= 0.3 is 0 Å². The Labute approximate surface area is 148 Å². The van der Waals surface area contributed by atoms with Crippen LogP contribution in [0.5, 0.6) is 0 Å². The van der Waals surface area contributed by atoms with E-state index >= 15 is 0 Å². The molecular formula is C19H24N2O3S. The molecule has 0 aliphatic carbocycles. The van der Waals surface area contributed by atoms with Crippen LogP contribution in [0.15, 0.2) is 48.5 Å². The maximum atomic E-state index is 11.9. The molecule has 25 heavy (non-hydrogen) atoms. The Hall–Kier alpha value is -1.89. The van der Waals surface area contributed by atoms with Crippen molar-refractivity contribution in [1.29, 1.82) is 0 Å². The predicted octanol–water partition coefficient (Wildman–Crippen LogP) is 2.83. The Morgan fingerprint density at radius 2 is 1.56 bits per heavy atom. The van der Waals surface area contributed by atoms with Gasteiger partial charge in [-0.15, -0.1) is 0 Å². The third-order valence-corrected chi connectivity index (χ3v) is 5.70. The summed E-state index contributed by atoms with van der Waals surface area (Å²) in [5.74, 6) is 0. The number of hydrogen-bond acceptors (Lipinski definition) is 3. The predicted molar refractivity (Wildman–Crippen MR) is 102 cm³/mol. The second-order valence-electron chi connectivity index (χ2n) is 6.42. The number of aliphatic hydroxyl groups is 1. The molecule has 0 saturated heterocycles. The minimum atomic E-state index is -3.32. The maximum absolute atomic E-state index is 11.9. The smallest absolute Gasteiger partial charge is 0.211 e. The van der Waals surface area contributed by atoms with E-state index in [1.54, 1.807) is 0 Å². The summed E-state index contributed by atoms with van der Waals surface area (Å²) < 4.78 is 27.2. The van der Waals surface area contributed by atoms with Gasteiger partial charge in [-0.25, -0.2) is 8.42 Å². The van der Waals surface area contributed by atoms with Crippen molar-refractivity contribution in [1.82, 2.24) is 8.87 Å². The molecule has 3 rings (SSSR count). The van der Waals surface area contributed by atoms with Crippen LogP contribution in [0.1, 0.15) is 13.3 Å². The highest BCUT2D eigenvalue weighted by atomic mass is 32.2. The molecule has 0 bridgehead atoms. The summed E-state index contributed by atoms with van der Waals surface area (Å²) >= 11 is 0. The molecule has 1 heterocycles. The normalized spacial score (nSPS) is 13.8. The zero-order chi connectivity index (χ0) is 18.0. The number of hydrogen-bond donors (Lipinski definition) is 1. The highest BCUT2D eigenvalue weighted by molar-refractivity contribution is 7.88. The zero-order valence-corrected chi connectivity index (χ0v) is 15.4. The number of nitrogens with zero attached hydrogens (tertiary/aromatic N) is 2. The average molecular weight is 360 g/mol. The van der Waals surface area contributed by atoms with E-state index in [0.29, 0.717) is 13.1 Å². The lowest BCUT2D eigenvalue weighted by molar-refractivity contribution is 0.130. The van der Waals surface area contributed by atoms with Gasteiger partial charge in [-0.2, -0.15) is 4.31 Å². The van der Waals surface area contributed by atoms with Gasteiger partial charge in [0.15, 0.2) is 0 Å². The number of aliphatic hydroxyl groups excluding tert-OH is 1. The van der Waals surface area contributed by atoms with Crippen LogP contribution in [0.4, 0.5) is 0 Å². The Balaban J connectivity index is 1.94. The third-order valence-electron chi connectivity index (χ3n) is 4.43. The van der Waals surface area contributed by atoms with Crippen LogP contribution in [0.2, 0.25) is 0 Å². The monoisotopic (exact) mass is 360 g/mol. The lowest BCUT2D eigenvalue weighted by Crippen LogP contribution is -2.38. The quantitative estimate of drug-likeness (QED) is 0.705. The Morgan fingerprint density at radius 1 is 1.04 bits per heavy atom. The van der Waals surface area contributed by atoms with E-state index < -0.39 is 16.1 Å². The minimum Gasteiger partial charge on any atom is -0.390 e. The molecule has 2 aromatic carbocycles. The van der Waals surface area contributed by atoms with E-state index in [2.05, 4.69) is 16.7 Å². The van der Waals surface area contributed by atoms with Crippen molar-refractivity contribution in [2.45, 2.75) is 26.0 Å². The first-order valence-electron chi connectivity index (χ1n) is 8.51. The first-order valence-corrected chi connectivity index (χ1v) is 10.4. The molecule has 0 aliphatic rings. The van der Waals surface area contributed by atoms with Crippen LogP contribution in [-0.4, -0.2) is 47.8 Å². The second kappa shape index (κ2) is 7.15. The van der Waals surface area contributed by atoms with Gasteiger partial charge in [0, 0.05) is 34.9 Å². The van der Waals surface area contributed by atoms with Crippen molar-refractivity contribution in [2.24, 2.45) is 0 Å². The standard InChI is InChI=1S/C19H24N2O3S/c1-3-12-20(25(2,23)24)13-15(22)14-21-18-10-6-4-8-16(18)17-9-5-7-11-19(17)21/h4-11,15,22H,3,12-14H2,1-2H3. The van der Waals surface area contributed by atoms with Crippen LogP contribution >= 0.6 is 0 Å². The highest BCUT2D eigenvalue weighted by Gasteiger charge is 2.21. The fraction of sp³-hybridized carbons (Fsp3) is 0.368. The summed E-state index contributed by atoms with van der Waals surface area (Å²) in [6.45, 7) is 2.80. The van der Waals surface area contributed by atoms with Gasteiger partial charge < -0.3 is 9.67 Å². The molecule has 3 aromatic rings. The summed E-state index contributed by atoms with van der Waals surface area (Å²) in [4.78, 5) is 0. The van der Waals surface area contributed by atoms with E-state index in [1.165, 1.54) is 10.6 Å². The summed E-state index contributed by atoms with van der Waals surface area (Å²) in [7, 11) is -3.32. The van der Waals surface area contributed by atoms with Gasteiger partial charge in [-0.05, 0) is 18.6 Å². The van der Waals surface area contributed by atoms with Gasteiger partial charge in [0.25, 0.3) is 0 Å². The number of para-hydroxylation sites is 2. The molecular weight excluding hydrogens is 336 g/mol. The van der Waals surface area contributed by atoms with Gasteiger partial charge in [0.1, 0.15) is 0 Å². The van der Waals surface area contributed by atoms with Crippen LogP contribution in [0.25, 0.3) is 21.8 Å². The fourth-order valence-electron chi connectivity index (χ4n) is 3.35. The number of benzene rings is 2. The second-order valence-corrected chi connectivity index (χ2v) is 8.40. The van der Waals surface area contributed by atoms with Crippen LogP contribution in [0, 0.1) is 0 Å². The van der Waals surface area contributed by atoms with Gasteiger partial charge in [-0.3, -0.25) is 0 Å². The van der Waals surface area contributed by atoms with E-state index in [9.17, 15) is 13.5 Å². The molecule has 1 aromatic heterocycles. The maximum Gasteiger partial charge on any atom is 0.211 e. The summed E-state index contributed by atoms with van der Waals surface area (Å²) in [5.41, 5.74) is 2.09.